The second-order valence-electron chi connectivity index (χ2n) is 2.37. The maximum atomic E-state index is 10.6. The van der Waals surface area contributed by atoms with Gasteiger partial charge in [0.2, 0.25) is 5.76 Å². The van der Waals surface area contributed by atoms with Crippen molar-refractivity contribution in [1.29, 1.82) is 0 Å². The number of aromatic carboxylic acids is 1. The number of furan rings is 1. The van der Waals surface area contributed by atoms with Gasteiger partial charge < -0.3 is 9.52 Å². The van der Waals surface area contributed by atoms with Crippen LogP contribution in [-0.2, 0) is 6.42 Å². The molecule has 6 heteroatoms. The molecule has 0 aliphatic carbocycles. The molecule has 0 fully saturated rings. The average molecular weight is 377 g/mol. The van der Waals surface area contributed by atoms with Crippen molar-refractivity contribution < 1.29 is 14.3 Å². The van der Waals surface area contributed by atoms with Gasteiger partial charge in [0.1, 0.15) is 2.14 Å². The Kier molecular flexibility index (Phi) is 3.59. The fourth-order valence-corrected chi connectivity index (χ4v) is 1.78. The molecule has 0 saturated carbocycles. The van der Waals surface area contributed by atoms with E-state index in [2.05, 4.69) is 47.8 Å². The van der Waals surface area contributed by atoms with Gasteiger partial charge >= 0.3 is 5.97 Å². The summed E-state index contributed by atoms with van der Waals surface area (Å²) >= 11 is 9.85. The van der Waals surface area contributed by atoms with Crippen LogP contribution < -0.4 is 0 Å². The summed E-state index contributed by atoms with van der Waals surface area (Å²) in [7, 11) is 0. The van der Waals surface area contributed by atoms with Crippen molar-refractivity contribution in [2.24, 2.45) is 0 Å². The first-order chi connectivity index (χ1) is 5.90. The van der Waals surface area contributed by atoms with Crippen LogP contribution in [-0.4, -0.2) is 13.2 Å². The Morgan fingerprint density at radius 3 is 2.62 bits per heavy atom. The van der Waals surface area contributed by atoms with Crippen molar-refractivity contribution in [1.82, 2.24) is 0 Å². The molecular weight excluding hydrogens is 372 g/mol. The molecule has 72 valence electrons. The fraction of sp³-hybridized carbons (Fsp3) is 0.286. The highest BCUT2D eigenvalue weighted by molar-refractivity contribution is 9.39. The lowest BCUT2D eigenvalue weighted by Crippen LogP contribution is -2.07. The van der Waals surface area contributed by atoms with Crippen molar-refractivity contribution in [3.63, 3.8) is 0 Å². The molecule has 1 N–H and O–H groups in total. The molecule has 3 nitrogen and oxygen atoms in total. The highest BCUT2D eigenvalue weighted by atomic mass is 80.0. The van der Waals surface area contributed by atoms with E-state index in [1.165, 1.54) is 6.26 Å². The maximum absolute atomic E-state index is 10.6. The number of rotatable bonds is 2. The Morgan fingerprint density at radius 1 is 1.54 bits per heavy atom. The van der Waals surface area contributed by atoms with Crippen molar-refractivity contribution in [3.8, 4) is 0 Å². The van der Waals surface area contributed by atoms with Crippen LogP contribution in [0.4, 0.5) is 0 Å². The summed E-state index contributed by atoms with van der Waals surface area (Å²) in [5, 5.41) is 8.71. The van der Waals surface area contributed by atoms with E-state index in [9.17, 15) is 4.79 Å². The van der Waals surface area contributed by atoms with E-state index in [1.807, 2.05) is 0 Å². The lowest BCUT2D eigenvalue weighted by molar-refractivity contribution is 0.0661. The van der Waals surface area contributed by atoms with Crippen LogP contribution in [0.1, 0.15) is 16.1 Å². The molecule has 0 aliphatic rings. The summed E-state index contributed by atoms with van der Waals surface area (Å²) in [5.41, 5.74) is 0.623. The molecule has 0 saturated heterocycles. The second-order valence-corrected chi connectivity index (χ2v) is 9.63. The molecule has 13 heavy (non-hydrogen) atoms. The van der Waals surface area contributed by atoms with Crippen molar-refractivity contribution in [3.05, 3.63) is 23.7 Å². The minimum absolute atomic E-state index is 0.0253. The van der Waals surface area contributed by atoms with Gasteiger partial charge in [0.25, 0.3) is 0 Å². The van der Waals surface area contributed by atoms with Gasteiger partial charge in [-0.3, -0.25) is 0 Å². The van der Waals surface area contributed by atoms with E-state index in [1.54, 1.807) is 6.07 Å². The van der Waals surface area contributed by atoms with Crippen molar-refractivity contribution in [2.75, 3.05) is 0 Å². The van der Waals surface area contributed by atoms with Gasteiger partial charge in [-0.1, -0.05) is 47.8 Å². The van der Waals surface area contributed by atoms with Gasteiger partial charge in [0.15, 0.2) is 0 Å². The van der Waals surface area contributed by atoms with E-state index < -0.39 is 8.11 Å². The summed E-state index contributed by atoms with van der Waals surface area (Å²) in [6.45, 7) is 0. The molecule has 0 amide bonds. The molecule has 1 rings (SSSR count). The number of carbonyl (C=O) groups is 1. The number of alkyl halides is 3. The monoisotopic (exact) mass is 374 g/mol. The zero-order valence-electron chi connectivity index (χ0n) is 6.26. The largest absolute Gasteiger partial charge is 0.475 e. The number of hydrogen-bond donors (Lipinski definition) is 1. The van der Waals surface area contributed by atoms with E-state index in [0.717, 1.165) is 0 Å². The lowest BCUT2D eigenvalue weighted by Gasteiger charge is -2.09. The zero-order chi connectivity index (χ0) is 10.1. The number of hydrogen-bond acceptors (Lipinski definition) is 2. The lowest BCUT2D eigenvalue weighted by atomic mass is 10.2. The first kappa shape index (κ1) is 11.3. The molecule has 0 bridgehead atoms. The summed E-state index contributed by atoms with van der Waals surface area (Å²) in [6, 6.07) is 1.63. The van der Waals surface area contributed by atoms with E-state index in [4.69, 9.17) is 9.52 Å². The summed E-state index contributed by atoms with van der Waals surface area (Å²) in [4.78, 5) is 10.6. The van der Waals surface area contributed by atoms with Crippen molar-refractivity contribution >= 4 is 53.8 Å². The third-order valence-electron chi connectivity index (χ3n) is 1.33. The predicted molar refractivity (Wildman–Crippen MR) is 58.9 cm³/mol. The first-order valence-electron chi connectivity index (χ1n) is 3.26. The Balaban J connectivity index is 2.89. The second kappa shape index (κ2) is 4.14. The van der Waals surface area contributed by atoms with Crippen LogP contribution in [0.15, 0.2) is 16.7 Å². The summed E-state index contributed by atoms with van der Waals surface area (Å²) in [6.07, 6.45) is 1.82. The van der Waals surface area contributed by atoms with Crippen LogP contribution in [0, 0.1) is 0 Å². The Labute approximate surface area is 99.9 Å². The van der Waals surface area contributed by atoms with Crippen molar-refractivity contribution in [2.45, 2.75) is 8.56 Å². The molecule has 0 spiro atoms. The topological polar surface area (TPSA) is 50.4 Å². The van der Waals surface area contributed by atoms with Gasteiger partial charge in [-0.2, -0.15) is 0 Å². The quantitative estimate of drug-likeness (QED) is 0.805. The van der Waals surface area contributed by atoms with Gasteiger partial charge in [-0.25, -0.2) is 4.79 Å². The molecule has 0 radical (unpaired) electrons. The van der Waals surface area contributed by atoms with Gasteiger partial charge in [-0.05, 0) is 6.07 Å². The highest BCUT2D eigenvalue weighted by Crippen LogP contribution is 2.37. The minimum Gasteiger partial charge on any atom is -0.475 e. The Hall–Kier alpha value is 0.190. The minimum atomic E-state index is -1.06. The maximum Gasteiger partial charge on any atom is 0.372 e. The Bertz CT molecular complexity index is 313. The zero-order valence-corrected chi connectivity index (χ0v) is 11.0. The molecule has 1 aromatic rings. The number of carboxylic acid groups (broad SMARTS) is 1. The Morgan fingerprint density at radius 2 is 2.15 bits per heavy atom. The summed E-state index contributed by atoms with van der Waals surface area (Å²) in [5.74, 6) is -1.08. The molecule has 0 unspecified atom stereocenters. The molecule has 0 atom stereocenters. The van der Waals surface area contributed by atoms with E-state index >= 15 is 0 Å². The van der Waals surface area contributed by atoms with Crippen LogP contribution in [0.2, 0.25) is 0 Å². The third kappa shape index (κ3) is 3.44. The molecule has 0 aliphatic heterocycles. The molecule has 1 aromatic heterocycles. The van der Waals surface area contributed by atoms with Crippen LogP contribution >= 0.6 is 47.8 Å². The van der Waals surface area contributed by atoms with E-state index in [0.29, 0.717) is 12.0 Å². The third-order valence-corrected chi connectivity index (χ3v) is 2.17. The standard InChI is InChI=1S/C7H5Br3O3/c8-7(9,10)3-4-1-2-13-5(4)6(11)12/h1-2H,3H2,(H,11,12). The fourth-order valence-electron chi connectivity index (χ4n) is 0.878. The molecule has 0 aromatic carbocycles. The number of carboxylic acids is 1. The van der Waals surface area contributed by atoms with Crippen LogP contribution in [0.5, 0.6) is 0 Å². The smallest absolute Gasteiger partial charge is 0.372 e. The predicted octanol–water partition coefficient (Wildman–Crippen LogP) is 3.36. The van der Waals surface area contributed by atoms with E-state index in [-0.39, 0.29) is 5.76 Å². The normalized spacial score (nSPS) is 11.6. The van der Waals surface area contributed by atoms with Crippen LogP contribution in [0.3, 0.4) is 0 Å². The van der Waals surface area contributed by atoms with Gasteiger partial charge in [-0.15, -0.1) is 0 Å². The SMILES string of the molecule is O=C(O)c1occc1CC(Br)(Br)Br. The molecule has 1 heterocycles. The van der Waals surface area contributed by atoms with Crippen LogP contribution in [0.25, 0.3) is 0 Å². The van der Waals surface area contributed by atoms with Gasteiger partial charge in [0.05, 0.1) is 6.26 Å². The van der Waals surface area contributed by atoms with Gasteiger partial charge in [0, 0.05) is 12.0 Å². The first-order valence-corrected chi connectivity index (χ1v) is 5.64. The molecular formula is C7H5Br3O3. The average Bonchev–Trinajstić information content (AvgIpc) is 2.31. The highest BCUT2D eigenvalue weighted by Gasteiger charge is 2.23. The number of halogens is 3. The summed E-state index contributed by atoms with van der Waals surface area (Å²) < 4.78 is 4.32.